The van der Waals surface area contributed by atoms with E-state index in [0.29, 0.717) is 23.4 Å². The van der Waals surface area contributed by atoms with E-state index in [9.17, 15) is 9.59 Å². The van der Waals surface area contributed by atoms with Crippen LogP contribution in [0.1, 0.15) is 20.7 Å². The second-order valence-electron chi connectivity index (χ2n) is 7.18. The minimum absolute atomic E-state index is 0.0848. The second-order valence-corrected chi connectivity index (χ2v) is 8.09. The van der Waals surface area contributed by atoms with Crippen LogP contribution in [0, 0.1) is 0 Å². The van der Waals surface area contributed by atoms with E-state index in [1.54, 1.807) is 17.4 Å². The molecule has 1 N–H and O–H groups in total. The first kappa shape index (κ1) is 18.8. The number of carbonyl (C=O) groups is 2. The van der Waals surface area contributed by atoms with Gasteiger partial charge in [0, 0.05) is 52.9 Å². The molecule has 0 radical (unpaired) electrons. The fourth-order valence-electron chi connectivity index (χ4n) is 3.42. The number of Topliss-reactive ketones (excluding diaryl/α,β-unsaturated/α-hetero) is 1. The SMILES string of the molecule is CN1CCN(CC(=O)c2cccc(NC(=O)c3csc4ccccc34)c2)CC1. The van der Waals surface area contributed by atoms with Crippen molar-refractivity contribution in [2.75, 3.05) is 45.1 Å². The van der Waals surface area contributed by atoms with Crippen molar-refractivity contribution in [3.8, 4) is 0 Å². The number of likely N-dealkylation sites (N-methyl/N-ethyl adjacent to an activating group) is 1. The number of benzene rings is 2. The van der Waals surface area contributed by atoms with E-state index in [2.05, 4.69) is 22.2 Å². The number of amides is 1. The quantitative estimate of drug-likeness (QED) is 0.673. The van der Waals surface area contributed by atoms with Gasteiger partial charge in [0.2, 0.25) is 0 Å². The van der Waals surface area contributed by atoms with Crippen molar-refractivity contribution < 1.29 is 9.59 Å². The zero-order valence-corrected chi connectivity index (χ0v) is 16.7. The maximum atomic E-state index is 12.7. The lowest BCUT2D eigenvalue weighted by Gasteiger charge is -2.31. The predicted molar refractivity (Wildman–Crippen MR) is 114 cm³/mol. The molecule has 0 atom stereocenters. The number of hydrogen-bond donors (Lipinski definition) is 1. The highest BCUT2D eigenvalue weighted by molar-refractivity contribution is 7.17. The van der Waals surface area contributed by atoms with Crippen LogP contribution in [0.25, 0.3) is 10.1 Å². The Hall–Kier alpha value is -2.54. The number of thiophene rings is 1. The molecule has 2 aromatic carbocycles. The lowest BCUT2D eigenvalue weighted by molar-refractivity contribution is 0.0876. The Bertz CT molecular complexity index is 1010. The van der Waals surface area contributed by atoms with Crippen LogP contribution in [-0.2, 0) is 0 Å². The molecule has 0 aliphatic carbocycles. The summed E-state index contributed by atoms with van der Waals surface area (Å²) in [6, 6.07) is 15.1. The van der Waals surface area contributed by atoms with E-state index < -0.39 is 0 Å². The Labute approximate surface area is 168 Å². The summed E-state index contributed by atoms with van der Waals surface area (Å²) >= 11 is 1.56. The van der Waals surface area contributed by atoms with E-state index in [1.165, 1.54) is 0 Å². The summed E-state index contributed by atoms with van der Waals surface area (Å²) in [4.78, 5) is 29.8. The Morgan fingerprint density at radius 1 is 1.04 bits per heavy atom. The highest BCUT2D eigenvalue weighted by atomic mass is 32.1. The molecule has 6 heteroatoms. The van der Waals surface area contributed by atoms with Crippen LogP contribution >= 0.6 is 11.3 Å². The molecule has 1 aliphatic heterocycles. The first-order valence-corrected chi connectivity index (χ1v) is 10.3. The third kappa shape index (κ3) is 4.14. The summed E-state index contributed by atoms with van der Waals surface area (Å²) in [5.74, 6) is -0.0669. The van der Waals surface area contributed by atoms with Gasteiger partial charge in [0.15, 0.2) is 5.78 Å². The summed E-state index contributed by atoms with van der Waals surface area (Å²) in [5, 5.41) is 5.76. The molecule has 1 aromatic heterocycles. The van der Waals surface area contributed by atoms with Gasteiger partial charge >= 0.3 is 0 Å². The molecule has 0 spiro atoms. The lowest BCUT2D eigenvalue weighted by atomic mass is 10.1. The number of nitrogens with one attached hydrogen (secondary N) is 1. The van der Waals surface area contributed by atoms with Gasteiger partial charge < -0.3 is 10.2 Å². The number of anilines is 1. The van der Waals surface area contributed by atoms with Crippen LogP contribution in [0.5, 0.6) is 0 Å². The van der Waals surface area contributed by atoms with Gasteiger partial charge in [-0.3, -0.25) is 14.5 Å². The fourth-order valence-corrected chi connectivity index (χ4v) is 4.36. The van der Waals surface area contributed by atoms with Crippen LogP contribution in [-0.4, -0.2) is 61.3 Å². The van der Waals surface area contributed by atoms with E-state index in [0.717, 1.165) is 36.3 Å². The number of hydrogen-bond acceptors (Lipinski definition) is 5. The van der Waals surface area contributed by atoms with Crippen LogP contribution in [0.15, 0.2) is 53.9 Å². The van der Waals surface area contributed by atoms with E-state index >= 15 is 0 Å². The van der Waals surface area contributed by atoms with E-state index in [-0.39, 0.29) is 11.7 Å². The van der Waals surface area contributed by atoms with Gasteiger partial charge in [0.1, 0.15) is 0 Å². The van der Waals surface area contributed by atoms with E-state index in [4.69, 9.17) is 0 Å². The molecule has 0 bridgehead atoms. The molecular formula is C22H23N3O2S. The van der Waals surface area contributed by atoms with Gasteiger partial charge in [0.05, 0.1) is 12.1 Å². The van der Waals surface area contributed by atoms with Crippen molar-refractivity contribution in [3.05, 3.63) is 65.0 Å². The van der Waals surface area contributed by atoms with Crippen molar-refractivity contribution in [3.63, 3.8) is 0 Å². The molecule has 1 fully saturated rings. The Kier molecular flexibility index (Phi) is 5.52. The molecule has 0 saturated carbocycles. The number of piperazine rings is 1. The van der Waals surface area contributed by atoms with Crippen LogP contribution in [0.3, 0.4) is 0 Å². The Balaban J connectivity index is 1.44. The minimum Gasteiger partial charge on any atom is -0.322 e. The average molecular weight is 394 g/mol. The minimum atomic E-state index is -0.152. The maximum absolute atomic E-state index is 12.7. The number of ketones is 1. The average Bonchev–Trinajstić information content (AvgIpc) is 3.14. The van der Waals surface area contributed by atoms with Crippen LogP contribution in [0.2, 0.25) is 0 Å². The Morgan fingerprint density at radius 2 is 1.82 bits per heavy atom. The molecule has 1 aliphatic rings. The van der Waals surface area contributed by atoms with Gasteiger partial charge in [-0.05, 0) is 25.2 Å². The van der Waals surface area contributed by atoms with Crippen LogP contribution in [0.4, 0.5) is 5.69 Å². The fraction of sp³-hybridized carbons (Fsp3) is 0.273. The molecule has 1 saturated heterocycles. The van der Waals surface area contributed by atoms with Gasteiger partial charge in [-0.15, -0.1) is 11.3 Å². The van der Waals surface area contributed by atoms with Gasteiger partial charge in [0.25, 0.3) is 5.91 Å². The van der Waals surface area contributed by atoms with Crippen molar-refractivity contribution in [2.24, 2.45) is 0 Å². The van der Waals surface area contributed by atoms with Crippen molar-refractivity contribution in [1.82, 2.24) is 9.80 Å². The summed E-state index contributed by atoms with van der Waals surface area (Å²) in [5.41, 5.74) is 1.94. The molecular weight excluding hydrogens is 370 g/mol. The van der Waals surface area contributed by atoms with Crippen molar-refractivity contribution in [2.45, 2.75) is 0 Å². The van der Waals surface area contributed by atoms with Gasteiger partial charge in [-0.25, -0.2) is 0 Å². The second kappa shape index (κ2) is 8.22. The monoisotopic (exact) mass is 393 g/mol. The highest BCUT2D eigenvalue weighted by Crippen LogP contribution is 2.26. The first-order valence-electron chi connectivity index (χ1n) is 9.42. The molecule has 28 heavy (non-hydrogen) atoms. The third-order valence-corrected chi connectivity index (χ3v) is 6.09. The van der Waals surface area contributed by atoms with Gasteiger partial charge in [-0.1, -0.05) is 30.3 Å². The predicted octanol–water partition coefficient (Wildman–Crippen LogP) is 3.58. The molecule has 4 rings (SSSR count). The summed E-state index contributed by atoms with van der Waals surface area (Å²) in [7, 11) is 2.10. The van der Waals surface area contributed by atoms with E-state index in [1.807, 2.05) is 47.8 Å². The molecule has 2 heterocycles. The smallest absolute Gasteiger partial charge is 0.257 e. The molecule has 0 unspecified atom stereocenters. The highest BCUT2D eigenvalue weighted by Gasteiger charge is 2.18. The van der Waals surface area contributed by atoms with Crippen LogP contribution < -0.4 is 5.32 Å². The number of nitrogens with zero attached hydrogens (tertiary/aromatic N) is 2. The summed E-state index contributed by atoms with van der Waals surface area (Å²) < 4.78 is 1.09. The normalized spacial score (nSPS) is 15.6. The zero-order valence-electron chi connectivity index (χ0n) is 15.9. The maximum Gasteiger partial charge on any atom is 0.257 e. The first-order chi connectivity index (χ1) is 13.6. The molecule has 144 valence electrons. The molecule has 5 nitrogen and oxygen atoms in total. The molecule has 3 aromatic rings. The summed E-state index contributed by atoms with van der Waals surface area (Å²) in [6.07, 6.45) is 0. The molecule has 1 amide bonds. The lowest BCUT2D eigenvalue weighted by Crippen LogP contribution is -2.46. The number of fused-ring (bicyclic) bond motifs is 1. The van der Waals surface area contributed by atoms with Gasteiger partial charge in [-0.2, -0.15) is 0 Å². The summed E-state index contributed by atoms with van der Waals surface area (Å²) in [6.45, 7) is 4.20. The van der Waals surface area contributed by atoms with Crippen molar-refractivity contribution >= 4 is 38.8 Å². The third-order valence-electron chi connectivity index (χ3n) is 5.13. The Morgan fingerprint density at radius 3 is 2.64 bits per heavy atom. The van der Waals surface area contributed by atoms with Crippen molar-refractivity contribution in [1.29, 1.82) is 0 Å². The standard InChI is InChI=1S/C22H23N3O2S/c1-24-9-11-25(12-10-24)14-20(26)16-5-4-6-17(13-16)23-22(27)19-15-28-21-8-3-2-7-18(19)21/h2-8,13,15H,9-12,14H2,1H3,(H,23,27). The zero-order chi connectivity index (χ0) is 19.5. The topological polar surface area (TPSA) is 52.6 Å². The number of carbonyl (C=O) groups excluding carboxylic acids is 2. The number of rotatable bonds is 5. The largest absolute Gasteiger partial charge is 0.322 e.